The van der Waals surface area contributed by atoms with Crippen LogP contribution in [0.2, 0.25) is 0 Å². The highest BCUT2D eigenvalue weighted by Gasteiger charge is 2.44. The molecule has 0 aromatic heterocycles. The molecule has 98 valence electrons. The first kappa shape index (κ1) is 13.4. The second kappa shape index (κ2) is 5.74. The van der Waals surface area contributed by atoms with Crippen LogP contribution >= 0.6 is 11.8 Å². The van der Waals surface area contributed by atoms with Crippen LogP contribution in [-0.4, -0.2) is 18.8 Å². The minimum atomic E-state index is -0.191. The normalized spacial score (nSPS) is 16.3. The van der Waals surface area contributed by atoms with Crippen molar-refractivity contribution in [1.29, 1.82) is 0 Å². The Morgan fingerprint density at radius 1 is 1.50 bits per heavy atom. The molecule has 1 fully saturated rings. The van der Waals surface area contributed by atoms with Gasteiger partial charge in [0, 0.05) is 5.75 Å². The smallest absolute Gasteiger partial charge is 0.306 e. The third kappa shape index (κ3) is 3.73. The molecule has 0 saturated heterocycles. The van der Waals surface area contributed by atoms with Crippen molar-refractivity contribution in [3.63, 3.8) is 0 Å². The first-order valence-electron chi connectivity index (χ1n) is 6.03. The molecule has 0 amide bonds. The van der Waals surface area contributed by atoms with Gasteiger partial charge >= 0.3 is 5.97 Å². The van der Waals surface area contributed by atoms with Crippen LogP contribution in [0.15, 0.2) is 24.3 Å². The van der Waals surface area contributed by atoms with E-state index < -0.39 is 0 Å². The van der Waals surface area contributed by atoms with Crippen molar-refractivity contribution < 1.29 is 13.9 Å². The summed E-state index contributed by atoms with van der Waals surface area (Å²) >= 11 is 1.76. The molecule has 0 atom stereocenters. The first-order valence-corrected chi connectivity index (χ1v) is 7.18. The third-order valence-corrected chi connectivity index (χ3v) is 4.62. The zero-order valence-electron chi connectivity index (χ0n) is 10.4. The van der Waals surface area contributed by atoms with Gasteiger partial charge in [-0.05, 0) is 41.7 Å². The lowest BCUT2D eigenvalue weighted by Gasteiger charge is -2.12. The molecule has 1 saturated carbocycles. The Morgan fingerprint density at radius 3 is 2.89 bits per heavy atom. The van der Waals surface area contributed by atoms with E-state index in [0.29, 0.717) is 6.42 Å². The van der Waals surface area contributed by atoms with Gasteiger partial charge in [-0.3, -0.25) is 4.79 Å². The molecule has 1 aliphatic rings. The number of rotatable bonds is 6. The number of thioether (sulfide) groups is 1. The van der Waals surface area contributed by atoms with E-state index in [1.165, 1.54) is 13.2 Å². The monoisotopic (exact) mass is 268 g/mol. The Kier molecular flexibility index (Phi) is 4.27. The molecule has 0 radical (unpaired) electrons. The van der Waals surface area contributed by atoms with E-state index in [1.54, 1.807) is 23.9 Å². The summed E-state index contributed by atoms with van der Waals surface area (Å²) in [6.07, 6.45) is 2.70. The van der Waals surface area contributed by atoms with Crippen LogP contribution in [0.5, 0.6) is 0 Å². The average Bonchev–Trinajstić information content (AvgIpc) is 3.09. The summed E-state index contributed by atoms with van der Waals surface area (Å²) in [6, 6.07) is 6.67. The molecular weight excluding hydrogens is 251 g/mol. The predicted molar refractivity (Wildman–Crippen MR) is 70.9 cm³/mol. The third-order valence-electron chi connectivity index (χ3n) is 3.27. The summed E-state index contributed by atoms with van der Waals surface area (Å²) < 4.78 is 17.7. The number of ether oxygens (including phenoxy) is 1. The summed E-state index contributed by atoms with van der Waals surface area (Å²) in [5.74, 6) is 1.42. The molecule has 0 unspecified atom stereocenters. The van der Waals surface area contributed by atoms with E-state index in [9.17, 15) is 9.18 Å². The highest BCUT2D eigenvalue weighted by molar-refractivity contribution is 7.98. The Bertz CT molecular complexity index is 430. The van der Waals surface area contributed by atoms with Crippen LogP contribution in [0.3, 0.4) is 0 Å². The number of esters is 1. The van der Waals surface area contributed by atoms with Crippen molar-refractivity contribution in [1.82, 2.24) is 0 Å². The summed E-state index contributed by atoms with van der Waals surface area (Å²) in [5, 5.41) is 0. The lowest BCUT2D eigenvalue weighted by molar-refractivity contribution is -0.141. The molecular formula is C14H17FO2S. The fourth-order valence-corrected chi connectivity index (χ4v) is 3.28. The number of carbonyl (C=O) groups is 1. The Labute approximate surface area is 111 Å². The molecule has 18 heavy (non-hydrogen) atoms. The number of hydrogen-bond acceptors (Lipinski definition) is 3. The van der Waals surface area contributed by atoms with Gasteiger partial charge in [-0.15, -0.1) is 0 Å². The van der Waals surface area contributed by atoms with Crippen LogP contribution in [0.4, 0.5) is 4.39 Å². The van der Waals surface area contributed by atoms with Crippen molar-refractivity contribution >= 4 is 17.7 Å². The Hall–Kier alpha value is -1.03. The summed E-state index contributed by atoms with van der Waals surface area (Å²) in [4.78, 5) is 11.3. The van der Waals surface area contributed by atoms with Crippen molar-refractivity contribution in [3.05, 3.63) is 35.6 Å². The largest absolute Gasteiger partial charge is 0.469 e. The van der Waals surface area contributed by atoms with E-state index in [2.05, 4.69) is 0 Å². The van der Waals surface area contributed by atoms with E-state index in [-0.39, 0.29) is 17.2 Å². The van der Waals surface area contributed by atoms with Gasteiger partial charge in [0.05, 0.1) is 13.5 Å². The van der Waals surface area contributed by atoms with Gasteiger partial charge in [0.2, 0.25) is 0 Å². The minimum absolute atomic E-state index is 0.126. The van der Waals surface area contributed by atoms with Crippen LogP contribution in [0.1, 0.15) is 24.8 Å². The Balaban J connectivity index is 1.77. The number of carbonyl (C=O) groups excluding carboxylic acids is 1. The highest BCUT2D eigenvalue weighted by Crippen LogP contribution is 2.51. The van der Waals surface area contributed by atoms with Crippen molar-refractivity contribution in [2.75, 3.05) is 12.9 Å². The maximum atomic E-state index is 13.0. The zero-order chi connectivity index (χ0) is 13.0. The molecule has 0 N–H and O–H groups in total. The van der Waals surface area contributed by atoms with Crippen molar-refractivity contribution in [2.24, 2.45) is 5.41 Å². The maximum absolute atomic E-state index is 13.0. The van der Waals surface area contributed by atoms with E-state index in [1.807, 2.05) is 6.07 Å². The number of hydrogen-bond donors (Lipinski definition) is 0. The lowest BCUT2D eigenvalue weighted by Crippen LogP contribution is -2.13. The van der Waals surface area contributed by atoms with E-state index in [4.69, 9.17) is 4.74 Å². The molecule has 1 aromatic carbocycles. The molecule has 2 rings (SSSR count). The molecule has 0 spiro atoms. The van der Waals surface area contributed by atoms with Crippen molar-refractivity contribution in [2.45, 2.75) is 25.0 Å². The quantitative estimate of drug-likeness (QED) is 0.740. The number of methoxy groups -OCH3 is 1. The van der Waals surface area contributed by atoms with Crippen molar-refractivity contribution in [3.8, 4) is 0 Å². The summed E-state index contributed by atoms with van der Waals surface area (Å²) in [5.41, 5.74) is 1.14. The predicted octanol–water partition coefficient (Wildman–Crippen LogP) is 3.40. The van der Waals surface area contributed by atoms with Gasteiger partial charge in [0.15, 0.2) is 0 Å². The number of benzene rings is 1. The molecule has 1 aromatic rings. The Morgan fingerprint density at radius 2 is 2.28 bits per heavy atom. The summed E-state index contributed by atoms with van der Waals surface area (Å²) in [6.45, 7) is 0. The van der Waals surface area contributed by atoms with Crippen LogP contribution in [-0.2, 0) is 15.3 Å². The molecule has 0 aliphatic heterocycles. The van der Waals surface area contributed by atoms with E-state index in [0.717, 1.165) is 29.9 Å². The van der Waals surface area contributed by atoms with Crippen LogP contribution in [0, 0.1) is 11.2 Å². The molecule has 0 heterocycles. The molecule has 2 nitrogen and oxygen atoms in total. The fourth-order valence-electron chi connectivity index (χ4n) is 1.94. The molecule has 0 bridgehead atoms. The SMILES string of the molecule is COC(=O)CC1(CSCc2cccc(F)c2)CC1. The minimum Gasteiger partial charge on any atom is -0.469 e. The highest BCUT2D eigenvalue weighted by atomic mass is 32.2. The number of halogens is 1. The zero-order valence-corrected chi connectivity index (χ0v) is 11.3. The summed E-state index contributed by atoms with van der Waals surface area (Å²) in [7, 11) is 1.43. The fraction of sp³-hybridized carbons (Fsp3) is 0.500. The second-order valence-electron chi connectivity index (χ2n) is 4.88. The second-order valence-corrected chi connectivity index (χ2v) is 5.86. The average molecular weight is 268 g/mol. The van der Waals surface area contributed by atoms with Gasteiger partial charge in [-0.1, -0.05) is 12.1 Å². The van der Waals surface area contributed by atoms with Gasteiger partial charge < -0.3 is 4.74 Å². The standard InChI is InChI=1S/C14H17FO2S/c1-17-13(16)8-14(5-6-14)10-18-9-11-3-2-4-12(15)7-11/h2-4,7H,5-6,8-10H2,1H3. The van der Waals surface area contributed by atoms with Gasteiger partial charge in [0.25, 0.3) is 0 Å². The van der Waals surface area contributed by atoms with Gasteiger partial charge in [0.1, 0.15) is 5.82 Å². The first-order chi connectivity index (χ1) is 8.63. The van der Waals surface area contributed by atoms with Crippen LogP contribution in [0.25, 0.3) is 0 Å². The van der Waals surface area contributed by atoms with Gasteiger partial charge in [-0.2, -0.15) is 11.8 Å². The topological polar surface area (TPSA) is 26.3 Å². The van der Waals surface area contributed by atoms with Gasteiger partial charge in [-0.25, -0.2) is 4.39 Å². The maximum Gasteiger partial charge on any atom is 0.306 e. The van der Waals surface area contributed by atoms with Crippen LogP contribution < -0.4 is 0 Å². The lowest BCUT2D eigenvalue weighted by atomic mass is 10.1. The molecule has 4 heteroatoms. The van der Waals surface area contributed by atoms with E-state index >= 15 is 0 Å². The molecule has 1 aliphatic carbocycles.